The van der Waals surface area contributed by atoms with Crippen LogP contribution in [-0.4, -0.2) is 16.8 Å². The number of hydrogen-bond donors (Lipinski definition) is 0. The Bertz CT molecular complexity index is 1270. The molecule has 3 aromatic carbocycles. The fourth-order valence-corrected chi connectivity index (χ4v) is 3.17. The van der Waals surface area contributed by atoms with Crippen molar-refractivity contribution < 1.29 is 23.6 Å². The summed E-state index contributed by atoms with van der Waals surface area (Å²) in [6.07, 6.45) is 1.52. The lowest BCUT2D eigenvalue weighted by molar-refractivity contribution is -0.384. The van der Waals surface area contributed by atoms with Gasteiger partial charge >= 0.3 is 5.97 Å². The summed E-state index contributed by atoms with van der Waals surface area (Å²) in [7, 11) is 0. The van der Waals surface area contributed by atoms with Gasteiger partial charge in [-0.15, -0.1) is 0 Å². The number of nitro groups is 1. The van der Waals surface area contributed by atoms with E-state index in [9.17, 15) is 19.3 Å². The first-order valence-corrected chi connectivity index (χ1v) is 9.71. The lowest BCUT2D eigenvalue weighted by Gasteiger charge is -2.07. The second kappa shape index (κ2) is 8.99. The molecule has 32 heavy (non-hydrogen) atoms. The molecule has 0 fully saturated rings. The predicted molar refractivity (Wildman–Crippen MR) is 116 cm³/mol. The molecular weight excluding hydrogens is 439 g/mol. The SMILES string of the molecule is O=C1OC(c2ccc([N+](=O)[O-])cc2Cl)=N/C1=C\c1ccc(OCc2ccccc2F)cc1. The largest absolute Gasteiger partial charge is 0.489 e. The Morgan fingerprint density at radius 2 is 1.88 bits per heavy atom. The second-order valence-electron chi connectivity index (χ2n) is 6.71. The van der Waals surface area contributed by atoms with Crippen LogP contribution < -0.4 is 4.74 Å². The van der Waals surface area contributed by atoms with Gasteiger partial charge in [0.15, 0.2) is 5.70 Å². The molecule has 1 aliphatic heterocycles. The van der Waals surface area contributed by atoms with E-state index in [2.05, 4.69) is 4.99 Å². The molecule has 4 rings (SSSR count). The number of halogens is 2. The molecule has 3 aromatic rings. The molecule has 0 saturated carbocycles. The van der Waals surface area contributed by atoms with E-state index in [1.807, 2.05) is 0 Å². The molecule has 0 bridgehead atoms. The number of nitrogens with zero attached hydrogens (tertiary/aromatic N) is 2. The summed E-state index contributed by atoms with van der Waals surface area (Å²) in [5, 5.41) is 10.9. The fraction of sp³-hybridized carbons (Fsp3) is 0.0435. The van der Waals surface area contributed by atoms with Gasteiger partial charge < -0.3 is 9.47 Å². The van der Waals surface area contributed by atoms with Crippen LogP contribution in [0.2, 0.25) is 5.02 Å². The molecule has 0 amide bonds. The van der Waals surface area contributed by atoms with Crippen molar-refractivity contribution >= 4 is 35.2 Å². The number of hydrogen-bond acceptors (Lipinski definition) is 6. The van der Waals surface area contributed by atoms with Crippen LogP contribution in [0.5, 0.6) is 5.75 Å². The number of carbonyl (C=O) groups is 1. The van der Waals surface area contributed by atoms with E-state index < -0.39 is 10.9 Å². The summed E-state index contributed by atoms with van der Waals surface area (Å²) < 4.78 is 24.4. The third-order valence-electron chi connectivity index (χ3n) is 4.55. The number of benzene rings is 3. The Labute approximate surface area is 186 Å². The maximum absolute atomic E-state index is 13.7. The normalized spacial score (nSPS) is 14.2. The molecule has 7 nitrogen and oxygen atoms in total. The summed E-state index contributed by atoms with van der Waals surface area (Å²) in [6.45, 7) is 0.0864. The molecule has 0 unspecified atom stereocenters. The smallest absolute Gasteiger partial charge is 0.363 e. The van der Waals surface area contributed by atoms with Crippen molar-refractivity contribution in [3.63, 3.8) is 0 Å². The first-order valence-electron chi connectivity index (χ1n) is 9.34. The number of rotatable bonds is 6. The van der Waals surface area contributed by atoms with E-state index in [0.717, 1.165) is 6.07 Å². The van der Waals surface area contributed by atoms with Gasteiger partial charge in [0.1, 0.15) is 18.2 Å². The van der Waals surface area contributed by atoms with Gasteiger partial charge in [0.2, 0.25) is 5.90 Å². The minimum atomic E-state index is -0.672. The first kappa shape index (κ1) is 21.2. The molecule has 1 heterocycles. The molecule has 0 aliphatic carbocycles. The maximum Gasteiger partial charge on any atom is 0.363 e. The average molecular weight is 453 g/mol. The van der Waals surface area contributed by atoms with Crippen molar-refractivity contribution in [2.24, 2.45) is 4.99 Å². The Hall–Kier alpha value is -4.04. The number of non-ortho nitro benzene ring substituents is 1. The highest BCUT2D eigenvalue weighted by atomic mass is 35.5. The third-order valence-corrected chi connectivity index (χ3v) is 4.86. The van der Waals surface area contributed by atoms with Crippen LogP contribution in [0.15, 0.2) is 77.4 Å². The predicted octanol–water partition coefficient (Wildman–Crippen LogP) is 5.31. The zero-order valence-corrected chi connectivity index (χ0v) is 17.1. The van der Waals surface area contributed by atoms with E-state index in [4.69, 9.17) is 21.1 Å². The van der Waals surface area contributed by atoms with Crippen LogP contribution in [0, 0.1) is 15.9 Å². The lowest BCUT2D eigenvalue weighted by atomic mass is 10.2. The molecule has 9 heteroatoms. The van der Waals surface area contributed by atoms with Crippen LogP contribution in [0.1, 0.15) is 16.7 Å². The van der Waals surface area contributed by atoms with E-state index in [1.54, 1.807) is 42.5 Å². The molecule has 0 radical (unpaired) electrons. The Morgan fingerprint density at radius 1 is 1.12 bits per heavy atom. The standard InChI is InChI=1S/C23H14ClFN2O5/c24-19-12-16(27(29)30)7-10-18(19)22-26-21(23(28)32-22)11-14-5-8-17(9-6-14)31-13-15-3-1-2-4-20(15)25/h1-12H,13H2/b21-11-. The Kier molecular flexibility index (Phi) is 5.96. The van der Waals surface area contributed by atoms with Crippen molar-refractivity contribution in [3.8, 4) is 5.75 Å². The van der Waals surface area contributed by atoms with Gasteiger partial charge in [-0.1, -0.05) is 41.9 Å². The van der Waals surface area contributed by atoms with E-state index >= 15 is 0 Å². The van der Waals surface area contributed by atoms with E-state index in [1.165, 1.54) is 24.3 Å². The van der Waals surface area contributed by atoms with Gasteiger partial charge in [-0.25, -0.2) is 14.2 Å². The molecule has 0 spiro atoms. The molecule has 0 atom stereocenters. The molecule has 0 saturated heterocycles. The molecule has 0 aromatic heterocycles. The first-order chi connectivity index (χ1) is 15.4. The summed E-state index contributed by atoms with van der Waals surface area (Å²) >= 11 is 6.08. The number of cyclic esters (lactones) is 1. The number of carbonyl (C=O) groups excluding carboxylic acids is 1. The summed E-state index contributed by atoms with van der Waals surface area (Å²) in [5.41, 5.74) is 1.24. The van der Waals surface area contributed by atoms with Crippen molar-refractivity contribution in [2.45, 2.75) is 6.61 Å². The summed E-state index contributed by atoms with van der Waals surface area (Å²) in [6, 6.07) is 16.9. The Morgan fingerprint density at radius 3 is 2.56 bits per heavy atom. The van der Waals surface area contributed by atoms with Crippen LogP contribution in [-0.2, 0) is 16.1 Å². The minimum absolute atomic E-state index is 0.0361. The van der Waals surface area contributed by atoms with Gasteiger partial charge in [-0.3, -0.25) is 10.1 Å². The van der Waals surface area contributed by atoms with Crippen LogP contribution >= 0.6 is 11.6 Å². The van der Waals surface area contributed by atoms with Crippen LogP contribution in [0.3, 0.4) is 0 Å². The zero-order valence-electron chi connectivity index (χ0n) is 16.3. The van der Waals surface area contributed by atoms with Gasteiger partial charge in [-0.05, 0) is 35.9 Å². The van der Waals surface area contributed by atoms with Crippen molar-refractivity contribution in [2.75, 3.05) is 0 Å². The highest BCUT2D eigenvalue weighted by molar-refractivity contribution is 6.34. The van der Waals surface area contributed by atoms with Crippen LogP contribution in [0.4, 0.5) is 10.1 Å². The number of nitro benzene ring substituents is 1. The molecule has 160 valence electrons. The zero-order chi connectivity index (χ0) is 22.7. The molecular formula is C23H14ClFN2O5. The van der Waals surface area contributed by atoms with E-state index in [0.29, 0.717) is 16.9 Å². The highest BCUT2D eigenvalue weighted by Gasteiger charge is 2.26. The molecule has 1 aliphatic rings. The quantitative estimate of drug-likeness (QED) is 0.219. The lowest BCUT2D eigenvalue weighted by Crippen LogP contribution is -2.06. The fourth-order valence-electron chi connectivity index (χ4n) is 2.91. The number of aliphatic imine (C=N–C) groups is 1. The van der Waals surface area contributed by atoms with Crippen molar-refractivity contribution in [1.29, 1.82) is 0 Å². The second-order valence-corrected chi connectivity index (χ2v) is 7.11. The van der Waals surface area contributed by atoms with Crippen molar-refractivity contribution in [1.82, 2.24) is 0 Å². The Balaban J connectivity index is 1.49. The number of ether oxygens (including phenoxy) is 2. The highest BCUT2D eigenvalue weighted by Crippen LogP contribution is 2.27. The molecule has 0 N–H and O–H groups in total. The van der Waals surface area contributed by atoms with Gasteiger partial charge in [0, 0.05) is 17.7 Å². The minimum Gasteiger partial charge on any atom is -0.489 e. The maximum atomic E-state index is 13.7. The van der Waals surface area contributed by atoms with Gasteiger partial charge in [0.05, 0.1) is 15.5 Å². The van der Waals surface area contributed by atoms with E-state index in [-0.39, 0.29) is 40.3 Å². The number of esters is 1. The van der Waals surface area contributed by atoms with Gasteiger partial charge in [-0.2, -0.15) is 0 Å². The average Bonchev–Trinajstić information content (AvgIpc) is 3.14. The summed E-state index contributed by atoms with van der Waals surface area (Å²) in [4.78, 5) is 26.6. The topological polar surface area (TPSA) is 91.0 Å². The van der Waals surface area contributed by atoms with Gasteiger partial charge in [0.25, 0.3) is 5.69 Å². The third kappa shape index (κ3) is 4.65. The summed E-state index contributed by atoms with van der Waals surface area (Å²) in [5.74, 6) is -0.512. The van der Waals surface area contributed by atoms with Crippen LogP contribution in [0.25, 0.3) is 6.08 Å². The van der Waals surface area contributed by atoms with Crippen molar-refractivity contribution in [3.05, 3.63) is 110 Å². The monoisotopic (exact) mass is 452 g/mol.